The second-order valence-corrected chi connectivity index (χ2v) is 8.00. The van der Waals surface area contributed by atoms with Crippen molar-refractivity contribution in [3.05, 3.63) is 109 Å². The summed E-state index contributed by atoms with van der Waals surface area (Å²) < 4.78 is 0. The minimum atomic E-state index is 0.652. The largest absolute Gasteiger partial charge is 0.279 e. The zero-order valence-electron chi connectivity index (χ0n) is 17.7. The van der Waals surface area contributed by atoms with Gasteiger partial charge in [0.1, 0.15) is 7.85 Å². The van der Waals surface area contributed by atoms with E-state index in [1.54, 1.807) is 12.4 Å². The molecule has 0 amide bonds. The molecule has 0 fully saturated rings. The van der Waals surface area contributed by atoms with Gasteiger partial charge >= 0.3 is 0 Å². The fourth-order valence-corrected chi connectivity index (χ4v) is 4.64. The van der Waals surface area contributed by atoms with E-state index in [9.17, 15) is 0 Å². The van der Waals surface area contributed by atoms with E-state index >= 15 is 0 Å². The summed E-state index contributed by atoms with van der Waals surface area (Å²) in [5.74, 6) is 0.652. The van der Waals surface area contributed by atoms with Crippen LogP contribution in [0.1, 0.15) is 0 Å². The molecule has 0 bridgehead atoms. The predicted molar refractivity (Wildman–Crippen MR) is 137 cm³/mol. The van der Waals surface area contributed by atoms with Crippen molar-refractivity contribution in [1.29, 1.82) is 0 Å². The van der Waals surface area contributed by atoms with Gasteiger partial charge in [-0.05, 0) is 51.2 Å². The summed E-state index contributed by atoms with van der Waals surface area (Å²) in [5, 5.41) is 7.44. The molecule has 150 valence electrons. The fourth-order valence-electron chi connectivity index (χ4n) is 4.64. The van der Waals surface area contributed by atoms with E-state index < -0.39 is 0 Å². The molecule has 0 radical (unpaired) electrons. The molecule has 0 unspecified atom stereocenters. The highest BCUT2D eigenvalue weighted by molar-refractivity contribution is 6.42. The van der Waals surface area contributed by atoms with Crippen molar-refractivity contribution < 1.29 is 0 Å². The molecule has 1 aromatic heterocycles. The van der Waals surface area contributed by atoms with Gasteiger partial charge in [-0.1, -0.05) is 78.3 Å². The summed E-state index contributed by atoms with van der Waals surface area (Å²) in [6.45, 7) is 0. The highest BCUT2D eigenvalue weighted by Crippen LogP contribution is 2.41. The van der Waals surface area contributed by atoms with Gasteiger partial charge in [-0.15, -0.1) is 0 Å². The third-order valence-corrected chi connectivity index (χ3v) is 6.07. The average molecular weight is 409 g/mol. The van der Waals surface area contributed by atoms with Gasteiger partial charge in [0.25, 0.3) is 0 Å². The molecule has 6 rings (SSSR count). The van der Waals surface area contributed by atoms with Gasteiger partial charge in [0.15, 0.2) is 0 Å². The Morgan fingerprint density at radius 2 is 1.09 bits per heavy atom. The summed E-state index contributed by atoms with van der Waals surface area (Å²) in [5.41, 5.74) is 3.39. The van der Waals surface area contributed by atoms with Crippen LogP contribution in [0.25, 0.3) is 32.3 Å². The quantitative estimate of drug-likeness (QED) is 0.279. The van der Waals surface area contributed by atoms with Crippen molar-refractivity contribution in [2.24, 2.45) is 0 Å². The molecule has 1 heterocycles. The van der Waals surface area contributed by atoms with Crippen LogP contribution >= 0.6 is 0 Å². The molecule has 0 aliphatic carbocycles. The molecule has 0 saturated carbocycles. The van der Waals surface area contributed by atoms with E-state index in [2.05, 4.69) is 95.5 Å². The maximum absolute atomic E-state index is 4.61. The first-order valence-corrected chi connectivity index (χ1v) is 10.8. The lowest BCUT2D eigenvalue weighted by Crippen LogP contribution is -2.13. The third-order valence-electron chi connectivity index (χ3n) is 6.07. The van der Waals surface area contributed by atoms with E-state index in [1.165, 1.54) is 37.8 Å². The van der Waals surface area contributed by atoms with Crippen molar-refractivity contribution in [1.82, 2.24) is 9.97 Å². The number of benzene rings is 5. The van der Waals surface area contributed by atoms with E-state index in [-0.39, 0.29) is 0 Å². The molecule has 0 saturated heterocycles. The monoisotopic (exact) mass is 409 g/mol. The van der Waals surface area contributed by atoms with Crippen LogP contribution in [0.4, 0.5) is 17.3 Å². The lowest BCUT2D eigenvalue weighted by molar-refractivity contribution is 1.08. The topological polar surface area (TPSA) is 29.0 Å². The highest BCUT2D eigenvalue weighted by atomic mass is 15.3. The van der Waals surface area contributed by atoms with Gasteiger partial charge in [0.05, 0.1) is 5.69 Å². The Morgan fingerprint density at radius 1 is 0.531 bits per heavy atom. The summed E-state index contributed by atoms with van der Waals surface area (Å²) in [6, 6.07) is 34.0. The lowest BCUT2D eigenvalue weighted by atomic mass is 9.85. The first kappa shape index (κ1) is 18.6. The molecule has 32 heavy (non-hydrogen) atoms. The number of hydrogen-bond donors (Lipinski definition) is 0. The van der Waals surface area contributed by atoms with Crippen LogP contribution in [0.3, 0.4) is 0 Å². The summed E-state index contributed by atoms with van der Waals surface area (Å²) >= 11 is 0. The second-order valence-electron chi connectivity index (χ2n) is 8.00. The maximum Gasteiger partial charge on any atom is 0.234 e. The summed E-state index contributed by atoms with van der Waals surface area (Å²) in [6.07, 6.45) is 3.58. The number of anilines is 3. The first-order chi connectivity index (χ1) is 15.8. The SMILES string of the molecule is Bc1cc2c3ccccc3c(N(c3ccccc3)c3ncccn3)cc2c2ccccc12. The molecule has 6 aromatic rings. The average Bonchev–Trinajstić information content (AvgIpc) is 2.86. The summed E-state index contributed by atoms with van der Waals surface area (Å²) in [7, 11) is 2.19. The van der Waals surface area contributed by atoms with E-state index in [4.69, 9.17) is 0 Å². The second kappa shape index (κ2) is 7.50. The molecular formula is C28H20BN3. The van der Waals surface area contributed by atoms with Crippen molar-refractivity contribution in [2.45, 2.75) is 0 Å². The van der Waals surface area contributed by atoms with Crippen molar-refractivity contribution in [3.63, 3.8) is 0 Å². The van der Waals surface area contributed by atoms with Crippen LogP contribution in [0, 0.1) is 0 Å². The van der Waals surface area contributed by atoms with Crippen LogP contribution < -0.4 is 10.4 Å². The van der Waals surface area contributed by atoms with Crippen molar-refractivity contribution in [3.8, 4) is 0 Å². The minimum Gasteiger partial charge on any atom is -0.279 e. The number of aromatic nitrogens is 2. The molecule has 5 aromatic carbocycles. The van der Waals surface area contributed by atoms with Crippen LogP contribution in [-0.4, -0.2) is 17.8 Å². The van der Waals surface area contributed by atoms with E-state index in [0.29, 0.717) is 5.95 Å². The fraction of sp³-hybridized carbons (Fsp3) is 0. The lowest BCUT2D eigenvalue weighted by Gasteiger charge is -2.25. The summed E-state index contributed by atoms with van der Waals surface area (Å²) in [4.78, 5) is 11.4. The van der Waals surface area contributed by atoms with Gasteiger partial charge in [-0.2, -0.15) is 0 Å². The zero-order valence-corrected chi connectivity index (χ0v) is 17.7. The van der Waals surface area contributed by atoms with Crippen LogP contribution in [0.5, 0.6) is 0 Å². The maximum atomic E-state index is 4.61. The Balaban J connectivity index is 1.78. The molecule has 0 N–H and O–H groups in total. The number of rotatable bonds is 3. The van der Waals surface area contributed by atoms with E-state index in [0.717, 1.165) is 11.4 Å². The Morgan fingerprint density at radius 3 is 1.81 bits per heavy atom. The Kier molecular flexibility index (Phi) is 4.36. The zero-order chi connectivity index (χ0) is 21.5. The van der Waals surface area contributed by atoms with Gasteiger partial charge in [-0.25, -0.2) is 9.97 Å². The Hall–Kier alpha value is -4.18. The van der Waals surface area contributed by atoms with Crippen LogP contribution in [-0.2, 0) is 0 Å². The predicted octanol–water partition coefficient (Wildman–Crippen LogP) is 5.66. The number of para-hydroxylation sites is 1. The van der Waals surface area contributed by atoms with Gasteiger partial charge < -0.3 is 0 Å². The number of fused-ring (bicyclic) bond motifs is 5. The Bertz CT molecular complexity index is 1540. The molecule has 0 aliphatic rings. The molecule has 0 spiro atoms. The van der Waals surface area contributed by atoms with Gasteiger partial charge in [-0.3, -0.25) is 4.90 Å². The van der Waals surface area contributed by atoms with Gasteiger partial charge in [0, 0.05) is 23.5 Å². The molecule has 4 heteroatoms. The van der Waals surface area contributed by atoms with Crippen molar-refractivity contribution in [2.75, 3.05) is 4.90 Å². The van der Waals surface area contributed by atoms with Crippen LogP contribution in [0.2, 0.25) is 0 Å². The number of hydrogen-bond acceptors (Lipinski definition) is 3. The highest BCUT2D eigenvalue weighted by Gasteiger charge is 2.19. The normalized spacial score (nSPS) is 11.2. The van der Waals surface area contributed by atoms with Crippen LogP contribution in [0.15, 0.2) is 109 Å². The number of nitrogens with zero attached hydrogens (tertiary/aromatic N) is 3. The van der Waals surface area contributed by atoms with Gasteiger partial charge in [0.2, 0.25) is 5.95 Å². The third kappa shape index (κ3) is 2.92. The smallest absolute Gasteiger partial charge is 0.234 e. The van der Waals surface area contributed by atoms with E-state index in [1.807, 2.05) is 24.3 Å². The molecule has 3 nitrogen and oxygen atoms in total. The Labute approximate surface area is 187 Å². The first-order valence-electron chi connectivity index (χ1n) is 10.8. The standard InChI is InChI=1S/C28H20BN3/c29-26-17-24-21-12-5-7-14-23(21)27(18-25(24)20-11-4-6-13-22(20)26)32(19-9-2-1-3-10-19)28-30-15-8-16-31-28/h1-18H,29H2. The molecule has 0 aliphatic heterocycles. The minimum absolute atomic E-state index is 0.652. The molecule has 0 atom stereocenters. The molecular weight excluding hydrogens is 389 g/mol. The van der Waals surface area contributed by atoms with Crippen molar-refractivity contribution >= 4 is 62.9 Å².